The van der Waals surface area contributed by atoms with E-state index in [4.69, 9.17) is 11.6 Å². The first-order valence-electron chi connectivity index (χ1n) is 6.03. The number of nitrogens with zero attached hydrogens (tertiary/aromatic N) is 2. The van der Waals surface area contributed by atoms with Gasteiger partial charge >= 0.3 is 0 Å². The number of halogens is 2. The summed E-state index contributed by atoms with van der Waals surface area (Å²) in [5.41, 5.74) is 0.834. The molecule has 2 aliphatic rings. The number of hydrogen-bond donors (Lipinski definition) is 1. The van der Waals surface area contributed by atoms with Gasteiger partial charge in [0.15, 0.2) is 11.0 Å². The van der Waals surface area contributed by atoms with Crippen molar-refractivity contribution in [2.24, 2.45) is 5.92 Å². The van der Waals surface area contributed by atoms with E-state index in [-0.39, 0.29) is 5.15 Å². The molecule has 2 aliphatic heterocycles. The maximum atomic E-state index is 13.4. The molecule has 3 nitrogen and oxygen atoms in total. The number of aromatic nitrogens is 1. The Morgan fingerprint density at radius 3 is 3.12 bits per heavy atom. The van der Waals surface area contributed by atoms with Crippen molar-refractivity contribution in [3.63, 3.8) is 0 Å². The van der Waals surface area contributed by atoms with Gasteiger partial charge in [0.2, 0.25) is 0 Å². The lowest BCUT2D eigenvalue weighted by molar-refractivity contribution is 0.234. The molecule has 92 valence electrons. The highest BCUT2D eigenvalue weighted by molar-refractivity contribution is 6.29. The lowest BCUT2D eigenvalue weighted by atomic mass is 9.89. The van der Waals surface area contributed by atoms with Gasteiger partial charge in [-0.05, 0) is 25.3 Å². The Balaban J connectivity index is 1.80. The van der Waals surface area contributed by atoms with Gasteiger partial charge in [0.25, 0.3) is 0 Å². The molecule has 17 heavy (non-hydrogen) atoms. The van der Waals surface area contributed by atoms with Crippen LogP contribution < -0.4 is 10.2 Å². The van der Waals surface area contributed by atoms with E-state index in [2.05, 4.69) is 15.2 Å². The smallest absolute Gasteiger partial charge is 0.164 e. The third-order valence-corrected chi connectivity index (χ3v) is 4.06. The number of rotatable bonds is 1. The monoisotopic (exact) mass is 255 g/mol. The first-order chi connectivity index (χ1) is 8.24. The van der Waals surface area contributed by atoms with Gasteiger partial charge in [-0.25, -0.2) is 9.37 Å². The minimum atomic E-state index is -0.438. The minimum absolute atomic E-state index is 0.0526. The van der Waals surface area contributed by atoms with Crippen molar-refractivity contribution in [2.75, 3.05) is 24.5 Å². The van der Waals surface area contributed by atoms with E-state index < -0.39 is 5.82 Å². The lowest BCUT2D eigenvalue weighted by Crippen LogP contribution is -2.56. The summed E-state index contributed by atoms with van der Waals surface area (Å²) in [5.74, 6) is 0.358. The number of fused-ring (bicyclic) bond motifs is 1. The highest BCUT2D eigenvalue weighted by Crippen LogP contribution is 2.27. The molecule has 0 unspecified atom stereocenters. The van der Waals surface area contributed by atoms with E-state index in [1.165, 1.54) is 12.5 Å². The molecule has 0 aromatic carbocycles. The summed E-state index contributed by atoms with van der Waals surface area (Å²) in [5, 5.41) is 3.38. The van der Waals surface area contributed by atoms with Gasteiger partial charge in [-0.1, -0.05) is 11.6 Å². The van der Waals surface area contributed by atoms with Crippen molar-refractivity contribution >= 4 is 17.3 Å². The van der Waals surface area contributed by atoms with E-state index in [0.29, 0.717) is 6.04 Å². The molecule has 5 heteroatoms. The molecule has 1 N–H and O–H groups in total. The summed E-state index contributed by atoms with van der Waals surface area (Å²) in [6.45, 7) is 3.04. The standard InChI is InChI=1S/C12H15ClFN3/c13-12-10(14)4-9(6-16-12)17-3-1-2-8-5-15-11(8)7-17/h4,6,8,11,15H,1-3,5,7H2/t8-,11-/m1/s1. The molecule has 0 aliphatic carbocycles. The molecule has 1 aromatic rings. The molecule has 0 saturated carbocycles. The van der Waals surface area contributed by atoms with Crippen LogP contribution in [0.4, 0.5) is 10.1 Å². The highest BCUT2D eigenvalue weighted by atomic mass is 35.5. The molecule has 3 rings (SSSR count). The predicted molar refractivity (Wildman–Crippen MR) is 65.9 cm³/mol. The molecule has 1 aromatic heterocycles. The maximum absolute atomic E-state index is 13.4. The van der Waals surface area contributed by atoms with Crippen LogP contribution in [0, 0.1) is 11.7 Å². The maximum Gasteiger partial charge on any atom is 0.164 e. The Morgan fingerprint density at radius 1 is 1.53 bits per heavy atom. The fourth-order valence-electron chi connectivity index (χ4n) is 2.66. The molecule has 2 fully saturated rings. The molecule has 0 amide bonds. The Bertz CT molecular complexity index is 426. The molecule has 0 radical (unpaired) electrons. The van der Waals surface area contributed by atoms with Crippen molar-refractivity contribution in [3.8, 4) is 0 Å². The highest BCUT2D eigenvalue weighted by Gasteiger charge is 2.33. The van der Waals surface area contributed by atoms with Gasteiger partial charge in [-0.15, -0.1) is 0 Å². The van der Waals surface area contributed by atoms with Crippen LogP contribution in [0.1, 0.15) is 12.8 Å². The number of anilines is 1. The largest absolute Gasteiger partial charge is 0.369 e. The van der Waals surface area contributed by atoms with E-state index in [1.54, 1.807) is 6.20 Å². The summed E-state index contributed by atoms with van der Waals surface area (Å²) in [6.07, 6.45) is 4.08. The number of pyridine rings is 1. The van der Waals surface area contributed by atoms with Gasteiger partial charge in [0.1, 0.15) is 0 Å². The third-order valence-electron chi connectivity index (χ3n) is 3.78. The van der Waals surface area contributed by atoms with Gasteiger partial charge in [-0.2, -0.15) is 0 Å². The first-order valence-corrected chi connectivity index (χ1v) is 6.41. The normalized spacial score (nSPS) is 28.2. The molecular weight excluding hydrogens is 241 g/mol. The molecule has 0 spiro atoms. The van der Waals surface area contributed by atoms with E-state index in [9.17, 15) is 4.39 Å². The Hall–Kier alpha value is -0.870. The minimum Gasteiger partial charge on any atom is -0.369 e. The zero-order valence-corrected chi connectivity index (χ0v) is 10.3. The van der Waals surface area contributed by atoms with Crippen LogP contribution in [0.2, 0.25) is 5.15 Å². The van der Waals surface area contributed by atoms with Crippen LogP contribution in [0.3, 0.4) is 0 Å². The fourth-order valence-corrected chi connectivity index (χ4v) is 2.76. The van der Waals surface area contributed by atoms with Crippen LogP contribution in [0.5, 0.6) is 0 Å². The Labute approximate surface area is 105 Å². The topological polar surface area (TPSA) is 28.2 Å². The average Bonchev–Trinajstić information content (AvgIpc) is 2.43. The lowest BCUT2D eigenvalue weighted by Gasteiger charge is -2.38. The molecule has 0 bridgehead atoms. The van der Waals surface area contributed by atoms with Crippen LogP contribution in [-0.2, 0) is 0 Å². The molecule has 2 saturated heterocycles. The van der Waals surface area contributed by atoms with Crippen molar-refractivity contribution in [1.29, 1.82) is 0 Å². The van der Waals surface area contributed by atoms with Crippen LogP contribution in [0.15, 0.2) is 12.3 Å². The van der Waals surface area contributed by atoms with E-state index >= 15 is 0 Å². The van der Waals surface area contributed by atoms with Crippen molar-refractivity contribution in [1.82, 2.24) is 10.3 Å². The summed E-state index contributed by atoms with van der Waals surface area (Å²) in [6, 6.07) is 2.03. The first kappa shape index (κ1) is 11.2. The van der Waals surface area contributed by atoms with E-state index in [0.717, 1.165) is 37.7 Å². The summed E-state index contributed by atoms with van der Waals surface area (Å²) >= 11 is 5.60. The fraction of sp³-hybridized carbons (Fsp3) is 0.583. The predicted octanol–water partition coefficient (Wildman–Crippen LogP) is 2.06. The second-order valence-electron chi connectivity index (χ2n) is 4.83. The second-order valence-corrected chi connectivity index (χ2v) is 5.19. The SMILES string of the molecule is Fc1cc(N2CCC[C@@H]3CN[C@@H]3C2)cnc1Cl. The summed E-state index contributed by atoms with van der Waals surface area (Å²) < 4.78 is 13.4. The van der Waals surface area contributed by atoms with Gasteiger partial charge in [-0.3, -0.25) is 0 Å². The number of nitrogens with one attached hydrogen (secondary N) is 1. The summed E-state index contributed by atoms with van der Waals surface area (Å²) in [7, 11) is 0. The van der Waals surface area contributed by atoms with Crippen molar-refractivity contribution in [2.45, 2.75) is 18.9 Å². The van der Waals surface area contributed by atoms with Crippen LogP contribution in [-0.4, -0.2) is 30.7 Å². The zero-order valence-electron chi connectivity index (χ0n) is 9.50. The molecule has 2 atom stereocenters. The van der Waals surface area contributed by atoms with Gasteiger partial charge in [0.05, 0.1) is 11.9 Å². The molecular formula is C12H15ClFN3. The van der Waals surface area contributed by atoms with Crippen LogP contribution >= 0.6 is 11.6 Å². The quantitative estimate of drug-likeness (QED) is 0.779. The number of hydrogen-bond acceptors (Lipinski definition) is 3. The van der Waals surface area contributed by atoms with Gasteiger partial charge < -0.3 is 10.2 Å². The van der Waals surface area contributed by atoms with Crippen molar-refractivity contribution < 1.29 is 4.39 Å². The molecule has 3 heterocycles. The van der Waals surface area contributed by atoms with Gasteiger partial charge in [0, 0.05) is 25.2 Å². The van der Waals surface area contributed by atoms with Crippen molar-refractivity contribution in [3.05, 3.63) is 23.2 Å². The van der Waals surface area contributed by atoms with Crippen LogP contribution in [0.25, 0.3) is 0 Å². The Morgan fingerprint density at radius 2 is 2.41 bits per heavy atom. The zero-order chi connectivity index (χ0) is 11.8. The average molecular weight is 256 g/mol. The Kier molecular flexibility index (Phi) is 2.92. The third kappa shape index (κ3) is 2.11. The summed E-state index contributed by atoms with van der Waals surface area (Å²) in [4.78, 5) is 6.07. The second kappa shape index (κ2) is 4.42. The van der Waals surface area contributed by atoms with E-state index in [1.807, 2.05) is 0 Å².